The monoisotopic (exact) mass is 230 g/mol. The lowest BCUT2D eigenvalue weighted by molar-refractivity contribution is -0.121. The summed E-state index contributed by atoms with van der Waals surface area (Å²) in [6, 6.07) is 7.27. The fourth-order valence-electron chi connectivity index (χ4n) is 2.77. The largest absolute Gasteiger partial charge is 0.329 e. The van der Waals surface area contributed by atoms with E-state index in [9.17, 15) is 9.59 Å². The Bertz CT molecular complexity index is 512. The number of benzene rings is 1. The third kappa shape index (κ3) is 1.37. The van der Waals surface area contributed by atoms with E-state index in [1.165, 1.54) is 0 Å². The molecule has 4 heteroatoms. The van der Waals surface area contributed by atoms with Gasteiger partial charge in [0.05, 0.1) is 11.3 Å². The predicted octanol–water partition coefficient (Wildman–Crippen LogP) is 1.66. The third-order valence-corrected chi connectivity index (χ3v) is 3.57. The molecule has 0 bridgehead atoms. The summed E-state index contributed by atoms with van der Waals surface area (Å²) in [7, 11) is 0. The maximum absolute atomic E-state index is 12.1. The molecule has 0 aromatic heterocycles. The van der Waals surface area contributed by atoms with Gasteiger partial charge in [-0.1, -0.05) is 12.1 Å². The number of piperidine rings is 1. The van der Waals surface area contributed by atoms with Crippen molar-refractivity contribution in [3.8, 4) is 0 Å². The van der Waals surface area contributed by atoms with Crippen molar-refractivity contribution >= 4 is 17.5 Å². The molecule has 4 nitrogen and oxygen atoms in total. The van der Waals surface area contributed by atoms with Crippen molar-refractivity contribution in [2.24, 2.45) is 0 Å². The zero-order valence-corrected chi connectivity index (χ0v) is 9.69. The number of carbonyl (C=O) groups is 2. The molecule has 0 aliphatic carbocycles. The molecule has 1 N–H and O–H groups in total. The highest BCUT2D eigenvalue weighted by molar-refractivity contribution is 6.09. The first-order chi connectivity index (χ1) is 8.12. The lowest BCUT2D eigenvalue weighted by atomic mass is 9.91. The summed E-state index contributed by atoms with van der Waals surface area (Å²) in [5.74, 6) is 0.000231. The van der Waals surface area contributed by atoms with Crippen LogP contribution in [0.4, 0.5) is 5.69 Å². The SMILES string of the molecule is CC12CCCC(=O)N1c1ccccc1C(=O)N2. The predicted molar refractivity (Wildman–Crippen MR) is 63.7 cm³/mol. The maximum atomic E-state index is 12.1. The molecular formula is C13H14N2O2. The topological polar surface area (TPSA) is 49.4 Å². The van der Waals surface area contributed by atoms with Crippen LogP contribution in [0, 0.1) is 0 Å². The molecule has 17 heavy (non-hydrogen) atoms. The van der Waals surface area contributed by atoms with Gasteiger partial charge in [0.2, 0.25) is 5.91 Å². The van der Waals surface area contributed by atoms with E-state index >= 15 is 0 Å². The van der Waals surface area contributed by atoms with Gasteiger partial charge in [0.1, 0.15) is 5.66 Å². The molecule has 2 aliphatic rings. The summed E-state index contributed by atoms with van der Waals surface area (Å²) in [5, 5.41) is 2.95. The van der Waals surface area contributed by atoms with Crippen molar-refractivity contribution in [1.82, 2.24) is 5.32 Å². The number of nitrogens with one attached hydrogen (secondary N) is 1. The van der Waals surface area contributed by atoms with Crippen molar-refractivity contribution in [3.63, 3.8) is 0 Å². The van der Waals surface area contributed by atoms with Crippen LogP contribution < -0.4 is 10.2 Å². The van der Waals surface area contributed by atoms with E-state index in [0.717, 1.165) is 18.5 Å². The van der Waals surface area contributed by atoms with Crippen molar-refractivity contribution in [1.29, 1.82) is 0 Å². The van der Waals surface area contributed by atoms with Gasteiger partial charge in [-0.15, -0.1) is 0 Å². The Morgan fingerprint density at radius 3 is 2.88 bits per heavy atom. The maximum Gasteiger partial charge on any atom is 0.255 e. The number of fused-ring (bicyclic) bond motifs is 3. The fraction of sp³-hybridized carbons (Fsp3) is 0.385. The highest BCUT2D eigenvalue weighted by atomic mass is 16.2. The van der Waals surface area contributed by atoms with Crippen LogP contribution in [0.15, 0.2) is 24.3 Å². The molecule has 88 valence electrons. The number of nitrogens with zero attached hydrogens (tertiary/aromatic N) is 1. The van der Waals surface area contributed by atoms with Gasteiger partial charge in [-0.2, -0.15) is 0 Å². The van der Waals surface area contributed by atoms with E-state index in [0.29, 0.717) is 12.0 Å². The summed E-state index contributed by atoms with van der Waals surface area (Å²) < 4.78 is 0. The van der Waals surface area contributed by atoms with Crippen LogP contribution in [0.1, 0.15) is 36.5 Å². The van der Waals surface area contributed by atoms with Gasteiger partial charge in [-0.3, -0.25) is 14.5 Å². The zero-order valence-electron chi connectivity index (χ0n) is 9.69. The van der Waals surface area contributed by atoms with Crippen LogP contribution in [0.5, 0.6) is 0 Å². The third-order valence-electron chi connectivity index (χ3n) is 3.57. The Morgan fingerprint density at radius 1 is 1.29 bits per heavy atom. The lowest BCUT2D eigenvalue weighted by Crippen LogP contribution is -2.65. The summed E-state index contributed by atoms with van der Waals surface area (Å²) >= 11 is 0. The minimum Gasteiger partial charge on any atom is -0.329 e. The highest BCUT2D eigenvalue weighted by Crippen LogP contribution is 2.37. The molecular weight excluding hydrogens is 216 g/mol. The fourth-order valence-corrected chi connectivity index (χ4v) is 2.77. The van der Waals surface area contributed by atoms with Crippen LogP contribution in [0.3, 0.4) is 0 Å². The Kier molecular flexibility index (Phi) is 2.02. The molecule has 1 aromatic rings. The Balaban J connectivity index is 2.19. The molecule has 0 saturated carbocycles. The number of rotatable bonds is 0. The highest BCUT2D eigenvalue weighted by Gasteiger charge is 2.45. The number of hydrogen-bond acceptors (Lipinski definition) is 2. The summed E-state index contributed by atoms with van der Waals surface area (Å²) in [6.07, 6.45) is 2.19. The van der Waals surface area contributed by atoms with Gasteiger partial charge < -0.3 is 5.32 Å². The number of hydrogen-bond donors (Lipinski definition) is 1. The number of carbonyl (C=O) groups excluding carboxylic acids is 2. The van der Waals surface area contributed by atoms with E-state index in [2.05, 4.69) is 5.32 Å². The number of amides is 2. The van der Waals surface area contributed by atoms with E-state index in [1.807, 2.05) is 25.1 Å². The average Bonchev–Trinajstić information content (AvgIpc) is 2.28. The van der Waals surface area contributed by atoms with Gasteiger partial charge in [-0.05, 0) is 31.9 Å². The standard InChI is InChI=1S/C13H14N2O2/c1-13-8-4-7-11(16)15(13)10-6-3-2-5-9(10)12(17)14-13/h2-3,5-6H,4,7-8H2,1H3,(H,14,17). The second-order valence-corrected chi connectivity index (χ2v) is 4.83. The molecule has 1 fully saturated rings. The van der Waals surface area contributed by atoms with Crippen LogP contribution in [-0.2, 0) is 4.79 Å². The molecule has 1 atom stereocenters. The molecule has 0 radical (unpaired) electrons. The van der Waals surface area contributed by atoms with Crippen LogP contribution >= 0.6 is 0 Å². The van der Waals surface area contributed by atoms with Gasteiger partial charge in [0, 0.05) is 6.42 Å². The lowest BCUT2D eigenvalue weighted by Gasteiger charge is -2.48. The first-order valence-electron chi connectivity index (χ1n) is 5.86. The quantitative estimate of drug-likeness (QED) is 0.737. The first kappa shape index (κ1) is 10.3. The smallest absolute Gasteiger partial charge is 0.255 e. The molecule has 2 amide bonds. The first-order valence-corrected chi connectivity index (χ1v) is 5.86. The summed E-state index contributed by atoms with van der Waals surface area (Å²) in [6.45, 7) is 1.91. The Hall–Kier alpha value is -1.84. The normalized spacial score (nSPS) is 27.2. The minimum absolute atomic E-state index is 0.0888. The molecule has 3 rings (SSSR count). The molecule has 2 heterocycles. The van der Waals surface area contributed by atoms with Crippen molar-refractivity contribution in [3.05, 3.63) is 29.8 Å². The molecule has 1 aromatic carbocycles. The van der Waals surface area contributed by atoms with Gasteiger partial charge in [0.15, 0.2) is 0 Å². The van der Waals surface area contributed by atoms with Gasteiger partial charge in [-0.25, -0.2) is 0 Å². The molecule has 2 aliphatic heterocycles. The van der Waals surface area contributed by atoms with Crippen molar-refractivity contribution < 1.29 is 9.59 Å². The van der Waals surface area contributed by atoms with E-state index in [4.69, 9.17) is 0 Å². The Labute approximate surface area is 99.6 Å². The van der Waals surface area contributed by atoms with Gasteiger partial charge in [0.25, 0.3) is 5.91 Å². The second kappa shape index (κ2) is 3.32. The Morgan fingerprint density at radius 2 is 2.06 bits per heavy atom. The summed E-state index contributed by atoms with van der Waals surface area (Å²) in [5.41, 5.74) is 0.768. The average molecular weight is 230 g/mol. The number of para-hydroxylation sites is 1. The van der Waals surface area contributed by atoms with Crippen molar-refractivity contribution in [2.75, 3.05) is 4.90 Å². The molecule has 1 saturated heterocycles. The van der Waals surface area contributed by atoms with Gasteiger partial charge >= 0.3 is 0 Å². The minimum atomic E-state index is -0.555. The zero-order chi connectivity index (χ0) is 12.0. The summed E-state index contributed by atoms with van der Waals surface area (Å²) in [4.78, 5) is 25.8. The van der Waals surface area contributed by atoms with Crippen LogP contribution in [0.2, 0.25) is 0 Å². The number of anilines is 1. The van der Waals surface area contributed by atoms with Crippen LogP contribution in [-0.4, -0.2) is 17.5 Å². The van der Waals surface area contributed by atoms with E-state index in [1.54, 1.807) is 11.0 Å². The molecule has 0 spiro atoms. The van der Waals surface area contributed by atoms with Crippen LogP contribution in [0.25, 0.3) is 0 Å². The van der Waals surface area contributed by atoms with E-state index in [-0.39, 0.29) is 11.8 Å². The van der Waals surface area contributed by atoms with Crippen molar-refractivity contribution in [2.45, 2.75) is 31.8 Å². The van der Waals surface area contributed by atoms with E-state index < -0.39 is 5.66 Å². The second-order valence-electron chi connectivity index (χ2n) is 4.83. The molecule has 1 unspecified atom stereocenters.